The van der Waals surface area contributed by atoms with E-state index < -0.39 is 11.5 Å². The molecule has 0 aromatic carbocycles. The van der Waals surface area contributed by atoms with Crippen molar-refractivity contribution in [2.45, 2.75) is 31.2 Å². The van der Waals surface area contributed by atoms with Crippen molar-refractivity contribution in [2.24, 2.45) is 10.9 Å². The van der Waals surface area contributed by atoms with Crippen LogP contribution < -0.4 is 0 Å². The quantitative estimate of drug-likeness (QED) is 0.612. The summed E-state index contributed by atoms with van der Waals surface area (Å²) in [4.78, 5) is 14.9. The predicted molar refractivity (Wildman–Crippen MR) is 40.8 cm³/mol. The summed E-state index contributed by atoms with van der Waals surface area (Å²) in [6.07, 6.45) is 5.52. The molecule has 11 heavy (non-hydrogen) atoms. The molecule has 2 unspecified atom stereocenters. The minimum atomic E-state index is -0.732. The van der Waals surface area contributed by atoms with Gasteiger partial charge in [-0.15, -0.1) is 0 Å². The lowest BCUT2D eigenvalue weighted by Crippen LogP contribution is -2.53. The van der Waals surface area contributed by atoms with E-state index in [-0.39, 0.29) is 0 Å². The maximum absolute atomic E-state index is 10.8. The van der Waals surface area contributed by atoms with Gasteiger partial charge in [0.05, 0.1) is 0 Å². The smallest absolute Gasteiger partial charge is 0.331 e. The minimum Gasteiger partial charge on any atom is -0.479 e. The first-order valence-electron chi connectivity index (χ1n) is 4.03. The molecular weight excluding hydrogens is 142 g/mol. The summed E-state index contributed by atoms with van der Waals surface area (Å²) in [5, 5.41) is 8.91. The Morgan fingerprint density at radius 3 is 2.82 bits per heavy atom. The lowest BCUT2D eigenvalue weighted by molar-refractivity contribution is -0.150. The lowest BCUT2D eigenvalue weighted by Gasteiger charge is -2.45. The number of hydrogen-bond acceptors (Lipinski definition) is 2. The van der Waals surface area contributed by atoms with Crippen molar-refractivity contribution in [2.75, 3.05) is 0 Å². The molecule has 0 bridgehead atoms. The molecule has 0 spiro atoms. The Bertz CT molecular complexity index is 224. The third-order valence-electron chi connectivity index (χ3n) is 2.89. The van der Waals surface area contributed by atoms with Crippen LogP contribution in [0.5, 0.6) is 0 Å². The molecule has 1 heterocycles. The average Bonchev–Trinajstić information content (AvgIpc) is 1.91. The van der Waals surface area contributed by atoms with Crippen LogP contribution in [0.1, 0.15) is 25.7 Å². The average molecular weight is 153 g/mol. The summed E-state index contributed by atoms with van der Waals surface area (Å²) < 4.78 is 0. The van der Waals surface area contributed by atoms with Gasteiger partial charge in [-0.1, -0.05) is 0 Å². The fraction of sp³-hybridized carbons (Fsp3) is 0.750. The van der Waals surface area contributed by atoms with Gasteiger partial charge in [-0.05, 0) is 31.6 Å². The summed E-state index contributed by atoms with van der Waals surface area (Å²) in [5.41, 5.74) is -0.696. The predicted octanol–water partition coefficient (Wildman–Crippen LogP) is 1.08. The highest BCUT2D eigenvalue weighted by molar-refractivity contribution is 5.83. The maximum atomic E-state index is 10.8. The Hall–Kier alpha value is -0.860. The van der Waals surface area contributed by atoms with E-state index in [1.165, 1.54) is 0 Å². The van der Waals surface area contributed by atoms with E-state index >= 15 is 0 Å². The molecule has 3 nitrogen and oxygen atoms in total. The fourth-order valence-electron chi connectivity index (χ4n) is 2.01. The van der Waals surface area contributed by atoms with Crippen molar-refractivity contribution in [1.82, 2.24) is 0 Å². The Kier molecular flexibility index (Phi) is 1.28. The molecule has 2 rings (SSSR count). The molecule has 60 valence electrons. The van der Waals surface area contributed by atoms with Crippen LogP contribution >= 0.6 is 0 Å². The van der Waals surface area contributed by atoms with Crippen LogP contribution in [0.2, 0.25) is 0 Å². The van der Waals surface area contributed by atoms with E-state index in [4.69, 9.17) is 5.11 Å². The number of rotatable bonds is 1. The highest BCUT2D eigenvalue weighted by atomic mass is 16.4. The number of carboxylic acid groups (broad SMARTS) is 1. The molecule has 1 aliphatic carbocycles. The third kappa shape index (κ3) is 0.737. The summed E-state index contributed by atoms with van der Waals surface area (Å²) in [7, 11) is 0. The molecule has 1 N–H and O–H groups in total. The highest BCUT2D eigenvalue weighted by Crippen LogP contribution is 2.46. The van der Waals surface area contributed by atoms with Crippen LogP contribution in [0.15, 0.2) is 4.99 Å². The number of hydrogen-bond donors (Lipinski definition) is 1. The van der Waals surface area contributed by atoms with Gasteiger partial charge in [-0.2, -0.15) is 0 Å². The first-order chi connectivity index (χ1) is 5.26. The van der Waals surface area contributed by atoms with Crippen LogP contribution in [-0.2, 0) is 4.79 Å². The molecule has 0 aromatic rings. The van der Waals surface area contributed by atoms with Gasteiger partial charge in [0, 0.05) is 6.21 Å². The first-order valence-corrected chi connectivity index (χ1v) is 4.03. The normalized spacial score (nSPS) is 40.9. The number of carboxylic acids is 1. The zero-order chi connectivity index (χ0) is 7.90. The van der Waals surface area contributed by atoms with Crippen molar-refractivity contribution in [3.63, 3.8) is 0 Å². The number of fused-ring (bicyclic) bond motifs is 1. The molecular formula is C8H11NO2. The van der Waals surface area contributed by atoms with Gasteiger partial charge in [0.2, 0.25) is 0 Å². The van der Waals surface area contributed by atoms with Crippen LogP contribution in [-0.4, -0.2) is 22.8 Å². The molecule has 0 amide bonds. The van der Waals surface area contributed by atoms with Crippen molar-refractivity contribution in [3.05, 3.63) is 0 Å². The molecule has 1 fully saturated rings. The number of aliphatic carboxylic acids is 1. The standard InChI is InChI=1S/C8H11NO2/c10-7(11)8-4-3-6(8)2-1-5-9-8/h5-6H,1-4H2,(H,10,11). The van der Waals surface area contributed by atoms with E-state index in [9.17, 15) is 4.79 Å². The summed E-state index contributed by atoms with van der Waals surface area (Å²) in [6, 6.07) is 0. The zero-order valence-electron chi connectivity index (χ0n) is 6.29. The van der Waals surface area contributed by atoms with E-state index in [0.717, 1.165) is 25.7 Å². The van der Waals surface area contributed by atoms with Crippen molar-refractivity contribution in [1.29, 1.82) is 0 Å². The second-order valence-corrected chi connectivity index (χ2v) is 3.35. The van der Waals surface area contributed by atoms with Gasteiger partial charge in [-0.25, -0.2) is 4.79 Å². The van der Waals surface area contributed by atoms with E-state index in [2.05, 4.69) is 4.99 Å². The summed E-state index contributed by atoms with van der Waals surface area (Å²) in [6.45, 7) is 0. The maximum Gasteiger partial charge on any atom is 0.331 e. The second-order valence-electron chi connectivity index (χ2n) is 3.35. The largest absolute Gasteiger partial charge is 0.479 e. The fourth-order valence-corrected chi connectivity index (χ4v) is 2.01. The van der Waals surface area contributed by atoms with Crippen LogP contribution in [0.4, 0.5) is 0 Å². The highest BCUT2D eigenvalue weighted by Gasteiger charge is 2.53. The Morgan fingerprint density at radius 2 is 2.45 bits per heavy atom. The molecule has 1 saturated carbocycles. The van der Waals surface area contributed by atoms with Gasteiger partial charge in [0.25, 0.3) is 0 Å². The second kappa shape index (κ2) is 2.06. The Balaban J connectivity index is 2.28. The van der Waals surface area contributed by atoms with E-state index in [0.29, 0.717) is 5.92 Å². The number of aliphatic imine (C=N–C) groups is 1. The van der Waals surface area contributed by atoms with Gasteiger partial charge < -0.3 is 5.11 Å². The molecule has 0 saturated heterocycles. The summed E-state index contributed by atoms with van der Waals surface area (Å²) >= 11 is 0. The van der Waals surface area contributed by atoms with Crippen LogP contribution in [0.25, 0.3) is 0 Å². The molecule has 2 atom stereocenters. The Labute approximate surface area is 65.1 Å². The van der Waals surface area contributed by atoms with Crippen LogP contribution in [0, 0.1) is 5.92 Å². The molecule has 0 aromatic heterocycles. The molecule has 3 heteroatoms. The first kappa shape index (κ1) is 6.83. The van der Waals surface area contributed by atoms with Crippen molar-refractivity contribution in [3.8, 4) is 0 Å². The van der Waals surface area contributed by atoms with Gasteiger partial charge in [0.1, 0.15) is 0 Å². The SMILES string of the molecule is O=C(O)C12CCC1CCC=N2. The Morgan fingerprint density at radius 1 is 1.64 bits per heavy atom. The summed E-state index contributed by atoms with van der Waals surface area (Å²) in [5.74, 6) is -0.408. The van der Waals surface area contributed by atoms with Gasteiger partial charge >= 0.3 is 5.97 Å². The van der Waals surface area contributed by atoms with Crippen molar-refractivity contribution >= 4 is 12.2 Å². The van der Waals surface area contributed by atoms with Gasteiger partial charge in [-0.3, -0.25) is 4.99 Å². The topological polar surface area (TPSA) is 49.7 Å². The van der Waals surface area contributed by atoms with E-state index in [1.807, 2.05) is 0 Å². The van der Waals surface area contributed by atoms with Crippen molar-refractivity contribution < 1.29 is 9.90 Å². The number of carbonyl (C=O) groups is 1. The van der Waals surface area contributed by atoms with E-state index in [1.54, 1.807) is 6.21 Å². The van der Waals surface area contributed by atoms with Crippen LogP contribution in [0.3, 0.4) is 0 Å². The molecule has 1 aliphatic heterocycles. The minimum absolute atomic E-state index is 0.324. The number of nitrogens with zero attached hydrogens (tertiary/aromatic N) is 1. The third-order valence-corrected chi connectivity index (χ3v) is 2.89. The monoisotopic (exact) mass is 153 g/mol. The zero-order valence-corrected chi connectivity index (χ0v) is 6.29. The van der Waals surface area contributed by atoms with Gasteiger partial charge in [0.15, 0.2) is 5.54 Å². The molecule has 2 aliphatic rings. The lowest BCUT2D eigenvalue weighted by atomic mass is 9.64. The molecule has 0 radical (unpaired) electrons.